The van der Waals surface area contributed by atoms with Crippen molar-refractivity contribution in [3.63, 3.8) is 0 Å². The van der Waals surface area contributed by atoms with E-state index >= 15 is 0 Å². The van der Waals surface area contributed by atoms with E-state index in [9.17, 15) is 13.8 Å². The van der Waals surface area contributed by atoms with Gasteiger partial charge in [0.25, 0.3) is 0 Å². The molecule has 0 aromatic heterocycles. The average Bonchev–Trinajstić information content (AvgIpc) is 2.20. The van der Waals surface area contributed by atoms with Crippen molar-refractivity contribution in [1.82, 2.24) is 0 Å². The number of halogens is 2. The summed E-state index contributed by atoms with van der Waals surface area (Å²) in [7, 11) is -1.75. The Morgan fingerprint density at radius 1 is 1.28 bits per heavy atom. The summed E-state index contributed by atoms with van der Waals surface area (Å²) in [6.07, 6.45) is 0. The summed E-state index contributed by atoms with van der Waals surface area (Å²) >= 11 is 11.5. The number of carbonyl (C=O) groups excluding carboxylic acids is 1. The summed E-state index contributed by atoms with van der Waals surface area (Å²) < 4.78 is 11.2. The van der Waals surface area contributed by atoms with Crippen LogP contribution in [0.3, 0.4) is 0 Å². The molecule has 0 aliphatic carbocycles. The van der Waals surface area contributed by atoms with Crippen LogP contribution in [0.5, 0.6) is 0 Å². The molecule has 0 unspecified atom stereocenters. The Morgan fingerprint density at radius 3 is 2.50 bits per heavy atom. The van der Waals surface area contributed by atoms with Crippen molar-refractivity contribution < 1.29 is 18.9 Å². The van der Waals surface area contributed by atoms with Gasteiger partial charge in [0.1, 0.15) is 11.5 Å². The minimum Gasteiger partial charge on any atom is -0.481 e. The number of hydrogen-bond acceptors (Lipinski definition) is 3. The molecule has 18 heavy (non-hydrogen) atoms. The second-order valence-electron chi connectivity index (χ2n) is 3.29. The lowest BCUT2D eigenvalue weighted by molar-refractivity contribution is -0.133. The van der Waals surface area contributed by atoms with Crippen LogP contribution in [-0.2, 0) is 20.4 Å². The van der Waals surface area contributed by atoms with Crippen LogP contribution in [0.15, 0.2) is 18.2 Å². The van der Waals surface area contributed by atoms with Crippen LogP contribution >= 0.6 is 23.2 Å². The van der Waals surface area contributed by atoms with Crippen molar-refractivity contribution in [2.24, 2.45) is 0 Å². The van der Waals surface area contributed by atoms with Crippen molar-refractivity contribution in [1.29, 1.82) is 0 Å². The largest absolute Gasteiger partial charge is 0.481 e. The van der Waals surface area contributed by atoms with Crippen LogP contribution in [0, 0.1) is 0 Å². The van der Waals surface area contributed by atoms with Gasteiger partial charge in [0.15, 0.2) is 0 Å². The summed E-state index contributed by atoms with van der Waals surface area (Å²) in [6, 6.07) is 4.49. The third kappa shape index (κ3) is 5.03. The number of anilines is 1. The lowest BCUT2D eigenvalue weighted by atomic mass is 10.3. The third-order valence-electron chi connectivity index (χ3n) is 1.78. The molecular formula is C10H9Cl2NO4S. The molecule has 1 atom stereocenters. The van der Waals surface area contributed by atoms with Crippen LogP contribution < -0.4 is 5.32 Å². The molecule has 0 fully saturated rings. The molecular weight excluding hydrogens is 301 g/mol. The van der Waals surface area contributed by atoms with Crippen LogP contribution in [0.4, 0.5) is 5.69 Å². The number of carboxylic acids is 1. The summed E-state index contributed by atoms with van der Waals surface area (Å²) in [5, 5.41) is 11.5. The van der Waals surface area contributed by atoms with Gasteiger partial charge in [-0.3, -0.25) is 13.8 Å². The molecule has 1 aromatic carbocycles. The molecule has 2 N–H and O–H groups in total. The van der Waals surface area contributed by atoms with Gasteiger partial charge in [-0.15, -0.1) is 0 Å². The molecule has 5 nitrogen and oxygen atoms in total. The molecule has 0 bridgehead atoms. The summed E-state index contributed by atoms with van der Waals surface area (Å²) in [5.74, 6) is -2.75. The first-order valence-electron chi connectivity index (χ1n) is 4.70. The van der Waals surface area contributed by atoms with E-state index in [0.29, 0.717) is 10.7 Å². The van der Waals surface area contributed by atoms with E-state index in [4.69, 9.17) is 28.3 Å². The first kappa shape index (κ1) is 14.9. The zero-order valence-electron chi connectivity index (χ0n) is 8.98. The molecule has 0 heterocycles. The molecule has 98 valence electrons. The van der Waals surface area contributed by atoms with Gasteiger partial charge in [-0.05, 0) is 18.2 Å². The van der Waals surface area contributed by atoms with Crippen LogP contribution in [0.25, 0.3) is 0 Å². The molecule has 0 radical (unpaired) electrons. The quantitative estimate of drug-likeness (QED) is 0.868. The molecule has 0 spiro atoms. The Bertz CT molecular complexity index is 507. The number of amides is 1. The van der Waals surface area contributed by atoms with Crippen molar-refractivity contribution in [3.05, 3.63) is 28.2 Å². The molecule has 8 heteroatoms. The van der Waals surface area contributed by atoms with Gasteiger partial charge in [0.05, 0.1) is 10.7 Å². The lowest BCUT2D eigenvalue weighted by Gasteiger charge is -2.06. The summed E-state index contributed by atoms with van der Waals surface area (Å²) in [5.41, 5.74) is 0.332. The van der Waals surface area contributed by atoms with Crippen molar-refractivity contribution in [3.8, 4) is 0 Å². The Kier molecular flexibility index (Phi) is 5.58. The minimum atomic E-state index is -1.75. The lowest BCUT2D eigenvalue weighted by Crippen LogP contribution is -2.23. The maximum absolute atomic E-state index is 11.5. The third-order valence-corrected chi connectivity index (χ3v) is 3.48. The fourth-order valence-electron chi connectivity index (χ4n) is 1.11. The number of carbonyl (C=O) groups is 2. The van der Waals surface area contributed by atoms with E-state index in [1.165, 1.54) is 18.2 Å². The van der Waals surface area contributed by atoms with E-state index in [2.05, 4.69) is 5.32 Å². The number of carboxylic acid groups (broad SMARTS) is 1. The van der Waals surface area contributed by atoms with Gasteiger partial charge in [-0.1, -0.05) is 23.2 Å². The minimum absolute atomic E-state index is 0.250. The Hall–Kier alpha value is -1.11. The number of rotatable bonds is 5. The maximum Gasteiger partial charge on any atom is 0.316 e. The molecule has 1 aromatic rings. The monoisotopic (exact) mass is 309 g/mol. The van der Waals surface area contributed by atoms with Crippen molar-refractivity contribution >= 4 is 51.6 Å². The van der Waals surface area contributed by atoms with Crippen molar-refractivity contribution in [2.75, 3.05) is 16.8 Å². The molecule has 1 rings (SSSR count). The zero-order chi connectivity index (χ0) is 13.7. The molecule has 0 saturated heterocycles. The number of nitrogens with one attached hydrogen (secondary N) is 1. The smallest absolute Gasteiger partial charge is 0.316 e. The molecule has 0 aliphatic heterocycles. The van der Waals surface area contributed by atoms with Gasteiger partial charge >= 0.3 is 5.97 Å². The van der Waals surface area contributed by atoms with E-state index in [1.54, 1.807) is 0 Å². The summed E-state index contributed by atoms with van der Waals surface area (Å²) in [4.78, 5) is 21.7. The fourth-order valence-corrected chi connectivity index (χ4v) is 2.31. The average molecular weight is 310 g/mol. The maximum atomic E-state index is 11.5. The van der Waals surface area contributed by atoms with E-state index < -0.39 is 34.2 Å². The van der Waals surface area contributed by atoms with Crippen LogP contribution in [0.2, 0.25) is 10.0 Å². The second-order valence-corrected chi connectivity index (χ2v) is 5.60. The number of benzene rings is 1. The predicted octanol–water partition coefficient (Wildman–Crippen LogP) is 1.77. The zero-order valence-corrected chi connectivity index (χ0v) is 11.3. The molecule has 0 aliphatic rings. The number of aliphatic carboxylic acids is 1. The van der Waals surface area contributed by atoms with Gasteiger partial charge in [0, 0.05) is 15.8 Å². The van der Waals surface area contributed by atoms with Crippen molar-refractivity contribution in [2.45, 2.75) is 0 Å². The fraction of sp³-hybridized carbons (Fsp3) is 0.200. The summed E-state index contributed by atoms with van der Waals surface area (Å²) in [6.45, 7) is 0. The van der Waals surface area contributed by atoms with E-state index in [-0.39, 0.29) is 5.02 Å². The highest BCUT2D eigenvalue weighted by Crippen LogP contribution is 2.25. The Morgan fingerprint density at radius 2 is 1.94 bits per heavy atom. The van der Waals surface area contributed by atoms with Gasteiger partial charge < -0.3 is 10.4 Å². The molecule has 0 saturated carbocycles. The number of hydrogen-bond donors (Lipinski definition) is 2. The highest BCUT2D eigenvalue weighted by atomic mass is 35.5. The van der Waals surface area contributed by atoms with E-state index in [0.717, 1.165) is 0 Å². The van der Waals surface area contributed by atoms with Gasteiger partial charge in [0.2, 0.25) is 5.91 Å². The van der Waals surface area contributed by atoms with E-state index in [1.807, 2.05) is 0 Å². The standard InChI is InChI=1S/C10H9Cl2NO4S/c11-6-1-2-8(7(12)3-6)13-9(14)4-18(17)5-10(15)16/h1-3H,4-5H2,(H,13,14)(H,15,16)/t18-/m0/s1. The molecule has 1 amide bonds. The topological polar surface area (TPSA) is 83.5 Å². The predicted molar refractivity (Wildman–Crippen MR) is 70.6 cm³/mol. The normalized spacial score (nSPS) is 11.9. The van der Waals surface area contributed by atoms with Crippen LogP contribution in [0.1, 0.15) is 0 Å². The SMILES string of the molecule is O=C(O)C[S@@](=O)CC(=O)Nc1ccc(Cl)cc1Cl. The van der Waals surface area contributed by atoms with Gasteiger partial charge in [-0.25, -0.2) is 0 Å². The Balaban J connectivity index is 2.59. The second kappa shape index (κ2) is 6.72. The van der Waals surface area contributed by atoms with Crippen LogP contribution in [-0.4, -0.2) is 32.7 Å². The highest BCUT2D eigenvalue weighted by Gasteiger charge is 2.12. The first-order chi connectivity index (χ1) is 8.38. The first-order valence-corrected chi connectivity index (χ1v) is 6.94. The van der Waals surface area contributed by atoms with Gasteiger partial charge in [-0.2, -0.15) is 0 Å². The Labute approximate surface area is 116 Å². The highest BCUT2D eigenvalue weighted by molar-refractivity contribution is 7.86.